The number of aromatic nitrogens is 3. The molecular formula is C27H37N3O. The van der Waals surface area contributed by atoms with Gasteiger partial charge in [-0.1, -0.05) is 76.2 Å². The number of aryl methyl sites for hydroxylation is 1. The predicted octanol–water partition coefficient (Wildman–Crippen LogP) is 6.76. The number of benzene rings is 2. The van der Waals surface area contributed by atoms with Crippen LogP contribution in [0.15, 0.2) is 54.7 Å². The van der Waals surface area contributed by atoms with Gasteiger partial charge in [0.05, 0.1) is 12.8 Å². The van der Waals surface area contributed by atoms with E-state index in [4.69, 9.17) is 4.74 Å². The summed E-state index contributed by atoms with van der Waals surface area (Å²) >= 11 is 0. The first-order valence-corrected chi connectivity index (χ1v) is 11.6. The topological polar surface area (TPSA) is 39.9 Å². The number of ether oxygens (including phenoxy) is 1. The molecule has 3 rings (SSSR count). The van der Waals surface area contributed by atoms with E-state index in [-0.39, 0.29) is 0 Å². The van der Waals surface area contributed by atoms with Crippen LogP contribution in [0.3, 0.4) is 0 Å². The van der Waals surface area contributed by atoms with Gasteiger partial charge in [-0.25, -0.2) is 0 Å². The quantitative estimate of drug-likeness (QED) is 0.322. The molecule has 0 N–H and O–H groups in total. The number of rotatable bonds is 11. The van der Waals surface area contributed by atoms with E-state index in [9.17, 15) is 0 Å². The van der Waals surface area contributed by atoms with Gasteiger partial charge in [0.2, 0.25) is 0 Å². The lowest BCUT2D eigenvalue weighted by atomic mass is 9.93. The van der Waals surface area contributed by atoms with Gasteiger partial charge >= 0.3 is 0 Å². The largest absolute Gasteiger partial charge is 0.494 e. The second-order valence-electron chi connectivity index (χ2n) is 9.43. The Morgan fingerprint density at radius 3 is 2.26 bits per heavy atom. The van der Waals surface area contributed by atoms with Gasteiger partial charge in [-0.15, -0.1) is 5.10 Å². The monoisotopic (exact) mass is 419 g/mol. The molecule has 31 heavy (non-hydrogen) atoms. The molecule has 0 aliphatic rings. The normalized spacial score (nSPS) is 12.5. The molecule has 0 saturated carbocycles. The van der Waals surface area contributed by atoms with Gasteiger partial charge in [-0.2, -0.15) is 0 Å². The van der Waals surface area contributed by atoms with Crippen molar-refractivity contribution < 1.29 is 4.74 Å². The molecule has 0 fully saturated rings. The first-order valence-electron chi connectivity index (χ1n) is 11.6. The Bertz CT molecular complexity index is 910. The molecule has 1 atom stereocenters. The van der Waals surface area contributed by atoms with Crippen LogP contribution in [0, 0.1) is 11.8 Å². The molecule has 1 heterocycles. The molecule has 0 bridgehead atoms. The third-order valence-electron chi connectivity index (χ3n) is 5.59. The van der Waals surface area contributed by atoms with Crippen LogP contribution < -0.4 is 4.74 Å². The highest BCUT2D eigenvalue weighted by molar-refractivity contribution is 5.58. The minimum Gasteiger partial charge on any atom is -0.494 e. The summed E-state index contributed by atoms with van der Waals surface area (Å²) in [6, 6.07) is 17.2. The summed E-state index contributed by atoms with van der Waals surface area (Å²) < 4.78 is 7.81. The fourth-order valence-electron chi connectivity index (χ4n) is 4.01. The molecule has 0 unspecified atom stereocenters. The Labute approximate surface area is 187 Å². The Morgan fingerprint density at radius 1 is 0.903 bits per heavy atom. The van der Waals surface area contributed by atoms with Gasteiger partial charge in [0.15, 0.2) is 0 Å². The van der Waals surface area contributed by atoms with Crippen LogP contribution in [0.4, 0.5) is 0 Å². The van der Waals surface area contributed by atoms with Crippen molar-refractivity contribution in [2.75, 3.05) is 6.61 Å². The molecular weight excluding hydrogens is 382 g/mol. The molecule has 166 valence electrons. The van der Waals surface area contributed by atoms with Crippen molar-refractivity contribution in [3.8, 4) is 17.0 Å². The Morgan fingerprint density at radius 2 is 1.61 bits per heavy atom. The molecule has 2 aromatic carbocycles. The number of hydrogen-bond donors (Lipinski definition) is 0. The van der Waals surface area contributed by atoms with Crippen molar-refractivity contribution in [1.82, 2.24) is 15.0 Å². The van der Waals surface area contributed by atoms with Crippen LogP contribution >= 0.6 is 0 Å². The van der Waals surface area contributed by atoms with E-state index in [0.717, 1.165) is 42.3 Å². The van der Waals surface area contributed by atoms with E-state index in [1.165, 1.54) is 17.5 Å². The van der Waals surface area contributed by atoms with E-state index < -0.39 is 0 Å². The maximum Gasteiger partial charge on any atom is 0.119 e. The summed E-state index contributed by atoms with van der Waals surface area (Å²) in [6.07, 6.45) is 5.30. The van der Waals surface area contributed by atoms with Gasteiger partial charge in [-0.05, 0) is 53.9 Å². The summed E-state index contributed by atoms with van der Waals surface area (Å²) in [5.74, 6) is 2.94. The highest BCUT2D eigenvalue weighted by Gasteiger charge is 2.07. The molecule has 0 saturated heterocycles. The maximum atomic E-state index is 5.92. The second kappa shape index (κ2) is 11.1. The highest BCUT2D eigenvalue weighted by Crippen LogP contribution is 2.21. The van der Waals surface area contributed by atoms with Crippen LogP contribution in [-0.2, 0) is 13.0 Å². The summed E-state index contributed by atoms with van der Waals surface area (Å²) in [5, 5.41) is 8.59. The van der Waals surface area contributed by atoms with Crippen LogP contribution in [-0.4, -0.2) is 21.6 Å². The molecule has 0 amide bonds. The van der Waals surface area contributed by atoms with E-state index in [2.05, 4.69) is 93.5 Å². The smallest absolute Gasteiger partial charge is 0.119 e. The first kappa shape index (κ1) is 23.1. The second-order valence-corrected chi connectivity index (χ2v) is 9.43. The maximum absolute atomic E-state index is 5.92. The lowest BCUT2D eigenvalue weighted by Crippen LogP contribution is -2.05. The Balaban J connectivity index is 1.42. The van der Waals surface area contributed by atoms with Crippen molar-refractivity contribution in [2.24, 2.45) is 11.8 Å². The fraction of sp³-hybridized carbons (Fsp3) is 0.481. The zero-order chi connectivity index (χ0) is 22.2. The van der Waals surface area contributed by atoms with Crippen LogP contribution in [0.1, 0.15) is 64.5 Å². The predicted molar refractivity (Wildman–Crippen MR) is 128 cm³/mol. The minimum absolute atomic E-state index is 0.536. The zero-order valence-electron chi connectivity index (χ0n) is 19.7. The van der Waals surface area contributed by atoms with Crippen LogP contribution in [0.5, 0.6) is 5.75 Å². The molecule has 0 aliphatic heterocycles. The van der Waals surface area contributed by atoms with Crippen LogP contribution in [0.2, 0.25) is 0 Å². The van der Waals surface area contributed by atoms with Crippen molar-refractivity contribution in [3.05, 3.63) is 65.9 Å². The van der Waals surface area contributed by atoms with Crippen molar-refractivity contribution in [3.63, 3.8) is 0 Å². The van der Waals surface area contributed by atoms with Gasteiger partial charge in [0.25, 0.3) is 0 Å². The molecule has 4 heteroatoms. The standard InChI is InChI=1S/C27H37N3O/c1-20(2)17-22(5)18-23-7-13-26(14-8-23)31-16-6-15-30-19-27(28-29-30)25-11-9-24(10-12-25)21(3)4/h7-14,19-22H,6,15-18H2,1-5H3/t22-/m0/s1. The molecule has 4 nitrogen and oxygen atoms in total. The van der Waals surface area contributed by atoms with Crippen molar-refractivity contribution in [2.45, 2.75) is 66.3 Å². The fourth-order valence-corrected chi connectivity index (χ4v) is 4.01. The average Bonchev–Trinajstić information content (AvgIpc) is 3.21. The third kappa shape index (κ3) is 7.23. The Kier molecular flexibility index (Phi) is 8.27. The van der Waals surface area contributed by atoms with Crippen molar-refractivity contribution >= 4 is 0 Å². The Hall–Kier alpha value is -2.62. The highest BCUT2D eigenvalue weighted by atomic mass is 16.5. The SMILES string of the molecule is CC(C)C[C@H](C)Cc1ccc(OCCCn2cc(-c3ccc(C(C)C)cc3)nn2)cc1. The van der Waals surface area contributed by atoms with E-state index in [1.54, 1.807) is 0 Å². The van der Waals surface area contributed by atoms with E-state index in [0.29, 0.717) is 18.4 Å². The van der Waals surface area contributed by atoms with Gasteiger partial charge in [0, 0.05) is 18.5 Å². The average molecular weight is 420 g/mol. The lowest BCUT2D eigenvalue weighted by Gasteiger charge is -2.14. The lowest BCUT2D eigenvalue weighted by molar-refractivity contribution is 0.298. The summed E-state index contributed by atoms with van der Waals surface area (Å²) in [5.41, 5.74) is 4.75. The molecule has 0 aliphatic carbocycles. The summed E-state index contributed by atoms with van der Waals surface area (Å²) in [6.45, 7) is 12.8. The van der Waals surface area contributed by atoms with E-state index in [1.807, 2.05) is 10.9 Å². The molecule has 1 aromatic heterocycles. The zero-order valence-corrected chi connectivity index (χ0v) is 19.7. The first-order chi connectivity index (χ1) is 14.9. The third-order valence-corrected chi connectivity index (χ3v) is 5.59. The van der Waals surface area contributed by atoms with Crippen LogP contribution in [0.25, 0.3) is 11.3 Å². The summed E-state index contributed by atoms with van der Waals surface area (Å²) in [4.78, 5) is 0. The molecule has 0 radical (unpaired) electrons. The molecule has 0 spiro atoms. The van der Waals surface area contributed by atoms with E-state index >= 15 is 0 Å². The van der Waals surface area contributed by atoms with Gasteiger partial charge < -0.3 is 4.74 Å². The van der Waals surface area contributed by atoms with Gasteiger partial charge in [0.1, 0.15) is 11.4 Å². The van der Waals surface area contributed by atoms with Gasteiger partial charge in [-0.3, -0.25) is 4.68 Å². The number of nitrogens with zero attached hydrogens (tertiary/aromatic N) is 3. The summed E-state index contributed by atoms with van der Waals surface area (Å²) in [7, 11) is 0. The number of hydrogen-bond acceptors (Lipinski definition) is 3. The molecule has 3 aromatic rings. The van der Waals surface area contributed by atoms with Crippen molar-refractivity contribution in [1.29, 1.82) is 0 Å². The minimum atomic E-state index is 0.536.